The summed E-state index contributed by atoms with van der Waals surface area (Å²) in [5.41, 5.74) is 1.86. The first-order valence-corrected chi connectivity index (χ1v) is 7.97. The van der Waals surface area contributed by atoms with Gasteiger partial charge in [-0.2, -0.15) is 0 Å². The molecule has 1 nitrogen and oxygen atoms in total. The lowest BCUT2D eigenvalue weighted by atomic mass is 10.0. The highest BCUT2D eigenvalue weighted by atomic mass is 35.5. The van der Waals surface area contributed by atoms with Crippen molar-refractivity contribution in [1.82, 2.24) is 5.32 Å². The van der Waals surface area contributed by atoms with E-state index in [0.29, 0.717) is 10.6 Å². The van der Waals surface area contributed by atoms with Crippen LogP contribution in [-0.2, 0) is 0 Å². The van der Waals surface area contributed by atoms with Gasteiger partial charge in [0.1, 0.15) is 5.82 Å². The fourth-order valence-corrected chi connectivity index (χ4v) is 3.60. The summed E-state index contributed by atoms with van der Waals surface area (Å²) in [6, 6.07) is 6.95. The van der Waals surface area contributed by atoms with Crippen LogP contribution in [0.2, 0.25) is 5.02 Å². The molecule has 0 aliphatic carbocycles. The first-order valence-electron chi connectivity index (χ1n) is 6.78. The monoisotopic (exact) mass is 311 g/mol. The van der Waals surface area contributed by atoms with Crippen LogP contribution < -0.4 is 5.32 Å². The maximum atomic E-state index is 14.2. The predicted molar refractivity (Wildman–Crippen MR) is 85.3 cm³/mol. The maximum Gasteiger partial charge on any atom is 0.129 e. The van der Waals surface area contributed by atoms with Gasteiger partial charge in [0.25, 0.3) is 0 Å². The molecule has 0 bridgehead atoms. The van der Waals surface area contributed by atoms with Crippen LogP contribution in [0.3, 0.4) is 0 Å². The largest absolute Gasteiger partial charge is 0.306 e. The van der Waals surface area contributed by atoms with Crippen molar-refractivity contribution >= 4 is 22.9 Å². The molecule has 4 heteroatoms. The lowest BCUT2D eigenvalue weighted by Crippen LogP contribution is -2.23. The molecule has 0 amide bonds. The zero-order valence-electron chi connectivity index (χ0n) is 12.0. The number of thiophene rings is 1. The van der Waals surface area contributed by atoms with E-state index in [9.17, 15) is 4.39 Å². The third-order valence-corrected chi connectivity index (χ3v) is 4.67. The van der Waals surface area contributed by atoms with E-state index in [4.69, 9.17) is 11.6 Å². The molecule has 1 atom stereocenters. The van der Waals surface area contributed by atoms with Crippen molar-refractivity contribution in [1.29, 1.82) is 0 Å². The molecule has 2 aromatic rings. The topological polar surface area (TPSA) is 12.0 Å². The second-order valence-corrected chi connectivity index (χ2v) is 6.68. The van der Waals surface area contributed by atoms with Gasteiger partial charge in [0, 0.05) is 20.3 Å². The van der Waals surface area contributed by atoms with E-state index >= 15 is 0 Å². The Morgan fingerprint density at radius 3 is 2.60 bits per heavy atom. The Bertz CT molecular complexity index is 594. The molecular formula is C16H19ClFNS. The van der Waals surface area contributed by atoms with Gasteiger partial charge in [-0.1, -0.05) is 24.6 Å². The molecule has 0 aliphatic rings. The molecule has 1 aromatic carbocycles. The Labute approximate surface area is 128 Å². The van der Waals surface area contributed by atoms with Crippen LogP contribution in [0.4, 0.5) is 4.39 Å². The number of hydrogen-bond acceptors (Lipinski definition) is 2. The summed E-state index contributed by atoms with van der Waals surface area (Å²) < 4.78 is 14.2. The van der Waals surface area contributed by atoms with Gasteiger partial charge < -0.3 is 5.32 Å². The van der Waals surface area contributed by atoms with Gasteiger partial charge in [-0.15, -0.1) is 11.3 Å². The molecule has 1 N–H and O–H groups in total. The second-order valence-electron chi connectivity index (χ2n) is 4.96. The fraction of sp³-hybridized carbons (Fsp3) is 0.375. The smallest absolute Gasteiger partial charge is 0.129 e. The summed E-state index contributed by atoms with van der Waals surface area (Å²) in [6.07, 6.45) is 1.01. The molecule has 0 radical (unpaired) electrons. The number of hydrogen-bond donors (Lipinski definition) is 1. The number of benzene rings is 1. The van der Waals surface area contributed by atoms with Gasteiger partial charge in [0.15, 0.2) is 0 Å². The zero-order valence-corrected chi connectivity index (χ0v) is 13.5. The van der Waals surface area contributed by atoms with Crippen molar-refractivity contribution in [3.05, 3.63) is 56.0 Å². The number of nitrogens with one attached hydrogen (secondary N) is 1. The Morgan fingerprint density at radius 2 is 2.05 bits per heavy atom. The first-order chi connectivity index (χ1) is 9.52. The third-order valence-electron chi connectivity index (χ3n) is 3.21. The Hall–Kier alpha value is -0.900. The van der Waals surface area contributed by atoms with Gasteiger partial charge in [-0.05, 0) is 50.6 Å². The second kappa shape index (κ2) is 6.70. The van der Waals surface area contributed by atoms with Crippen molar-refractivity contribution < 1.29 is 4.39 Å². The highest BCUT2D eigenvalue weighted by Gasteiger charge is 2.21. The Balaban J connectivity index is 2.44. The van der Waals surface area contributed by atoms with Gasteiger partial charge in [-0.3, -0.25) is 0 Å². The Morgan fingerprint density at radius 1 is 1.30 bits per heavy atom. The molecule has 2 rings (SSSR count). The zero-order chi connectivity index (χ0) is 14.7. The summed E-state index contributed by atoms with van der Waals surface area (Å²) in [6.45, 7) is 7.11. The lowest BCUT2D eigenvalue weighted by Gasteiger charge is -2.19. The van der Waals surface area contributed by atoms with E-state index in [-0.39, 0.29) is 11.9 Å². The SMILES string of the molecule is CCCNC(c1ccc(Cl)cc1F)c1sc(C)cc1C. The van der Waals surface area contributed by atoms with Crippen LogP contribution >= 0.6 is 22.9 Å². The van der Waals surface area contributed by atoms with E-state index < -0.39 is 0 Å². The van der Waals surface area contributed by atoms with Crippen LogP contribution in [0, 0.1) is 19.7 Å². The first kappa shape index (κ1) is 15.5. The minimum atomic E-state index is -0.253. The molecule has 0 spiro atoms. The van der Waals surface area contributed by atoms with Crippen molar-refractivity contribution in [2.45, 2.75) is 33.2 Å². The third kappa shape index (κ3) is 3.40. The molecular weight excluding hydrogens is 293 g/mol. The molecule has 20 heavy (non-hydrogen) atoms. The van der Waals surface area contributed by atoms with Crippen LogP contribution in [0.1, 0.15) is 40.3 Å². The van der Waals surface area contributed by atoms with Gasteiger partial charge in [0.05, 0.1) is 6.04 Å². The molecule has 0 aliphatic heterocycles. The molecule has 1 unspecified atom stereocenters. The van der Waals surface area contributed by atoms with Crippen LogP contribution in [0.5, 0.6) is 0 Å². The average molecular weight is 312 g/mol. The summed E-state index contributed by atoms with van der Waals surface area (Å²) >= 11 is 7.57. The number of halogens is 2. The van der Waals surface area contributed by atoms with E-state index in [0.717, 1.165) is 13.0 Å². The van der Waals surface area contributed by atoms with Crippen molar-refractivity contribution in [2.75, 3.05) is 6.54 Å². The highest BCUT2D eigenvalue weighted by molar-refractivity contribution is 7.12. The minimum Gasteiger partial charge on any atom is -0.306 e. The molecule has 1 heterocycles. The quantitative estimate of drug-likeness (QED) is 0.795. The normalized spacial score (nSPS) is 12.7. The number of aryl methyl sites for hydroxylation is 2. The van der Waals surface area contributed by atoms with Crippen LogP contribution in [0.15, 0.2) is 24.3 Å². The lowest BCUT2D eigenvalue weighted by molar-refractivity contribution is 0.550. The Kier molecular flexibility index (Phi) is 5.19. The highest BCUT2D eigenvalue weighted by Crippen LogP contribution is 2.33. The van der Waals surface area contributed by atoms with Crippen molar-refractivity contribution in [2.24, 2.45) is 0 Å². The van der Waals surface area contributed by atoms with Gasteiger partial charge in [-0.25, -0.2) is 4.39 Å². The molecule has 108 valence electrons. The number of rotatable bonds is 5. The van der Waals surface area contributed by atoms with Crippen LogP contribution in [0.25, 0.3) is 0 Å². The maximum absolute atomic E-state index is 14.2. The summed E-state index contributed by atoms with van der Waals surface area (Å²) in [4.78, 5) is 2.42. The van der Waals surface area contributed by atoms with E-state index in [1.807, 2.05) is 0 Å². The van der Waals surface area contributed by atoms with Crippen molar-refractivity contribution in [3.63, 3.8) is 0 Å². The molecule has 0 saturated heterocycles. The summed E-state index contributed by atoms with van der Waals surface area (Å²) in [7, 11) is 0. The average Bonchev–Trinajstić information content (AvgIpc) is 2.71. The predicted octanol–water partition coefficient (Wildman–Crippen LogP) is 5.25. The summed E-state index contributed by atoms with van der Waals surface area (Å²) in [5, 5.41) is 3.87. The standard InChI is InChI=1S/C16H19ClFNS/c1-4-7-19-15(16-10(2)8-11(3)20-16)13-6-5-12(17)9-14(13)18/h5-6,8-9,15,19H,4,7H2,1-3H3. The minimum absolute atomic E-state index is 0.106. The molecule has 1 aromatic heterocycles. The summed E-state index contributed by atoms with van der Waals surface area (Å²) in [5.74, 6) is -0.253. The molecule has 0 saturated carbocycles. The van der Waals surface area contributed by atoms with Crippen molar-refractivity contribution in [3.8, 4) is 0 Å². The van der Waals surface area contributed by atoms with E-state index in [1.54, 1.807) is 23.5 Å². The van der Waals surface area contributed by atoms with E-state index in [2.05, 4.69) is 32.2 Å². The van der Waals surface area contributed by atoms with Crippen LogP contribution in [-0.4, -0.2) is 6.54 Å². The fourth-order valence-electron chi connectivity index (χ4n) is 2.31. The molecule has 0 fully saturated rings. The van der Waals surface area contributed by atoms with E-state index in [1.165, 1.54) is 21.4 Å². The van der Waals surface area contributed by atoms with Gasteiger partial charge in [0.2, 0.25) is 0 Å². The van der Waals surface area contributed by atoms with Gasteiger partial charge >= 0.3 is 0 Å².